The minimum Gasteiger partial charge on any atom is -0.497 e. The number of nitrogens with zero attached hydrogens (tertiary/aromatic N) is 3. The molecule has 0 saturated heterocycles. The van der Waals surface area contributed by atoms with Crippen molar-refractivity contribution in [2.24, 2.45) is 14.1 Å². The summed E-state index contributed by atoms with van der Waals surface area (Å²) in [5.74, 6) is 0.778. The number of aromatic nitrogens is 3. The highest BCUT2D eigenvalue weighted by atomic mass is 32.2. The molecule has 2 heterocycles. The Bertz CT molecular complexity index is 1100. The zero-order valence-electron chi connectivity index (χ0n) is 14.6. The lowest BCUT2D eigenvalue weighted by molar-refractivity contribution is 0.102. The summed E-state index contributed by atoms with van der Waals surface area (Å²) in [4.78, 5) is 41.7. The number of ketones is 1. The summed E-state index contributed by atoms with van der Waals surface area (Å²) in [6, 6.07) is 8.54. The monoisotopic (exact) mass is 371 g/mol. The summed E-state index contributed by atoms with van der Waals surface area (Å²) in [5, 5.41) is 0.338. The number of fused-ring (bicyclic) bond motifs is 1. The third-order valence-electron chi connectivity index (χ3n) is 4.07. The third-order valence-corrected chi connectivity index (χ3v) is 5.13. The lowest BCUT2D eigenvalue weighted by atomic mass is 10.1. The fraction of sp³-hybridized carbons (Fsp3) is 0.222. The van der Waals surface area contributed by atoms with Crippen LogP contribution in [0, 0.1) is 0 Å². The molecule has 0 unspecified atom stereocenters. The predicted octanol–water partition coefficient (Wildman–Crippen LogP) is 1.62. The van der Waals surface area contributed by atoms with Gasteiger partial charge in [0.15, 0.2) is 5.78 Å². The molecule has 134 valence electrons. The van der Waals surface area contributed by atoms with E-state index in [0.29, 0.717) is 27.2 Å². The molecule has 3 aromatic rings. The molecule has 3 rings (SSSR count). The summed E-state index contributed by atoms with van der Waals surface area (Å²) in [6.45, 7) is 0. The standard InChI is InChI=1S/C18H17N3O4S/c1-20-16-15(17(23)21(2)18(20)24)14(8-9-19-16)26-10-13(22)11-4-6-12(25-3)7-5-11/h4-9H,10H2,1-3H3. The SMILES string of the molecule is COc1ccc(C(=O)CSc2ccnc3c2c(=O)n(C)c(=O)n3C)cc1. The van der Waals surface area contributed by atoms with Crippen molar-refractivity contribution >= 4 is 28.6 Å². The molecule has 0 aliphatic rings. The van der Waals surface area contributed by atoms with Crippen molar-refractivity contribution in [1.82, 2.24) is 14.1 Å². The molecule has 0 aliphatic carbocycles. The van der Waals surface area contributed by atoms with E-state index in [0.717, 1.165) is 4.57 Å². The van der Waals surface area contributed by atoms with Crippen LogP contribution in [0.2, 0.25) is 0 Å². The molecule has 26 heavy (non-hydrogen) atoms. The number of aryl methyl sites for hydroxylation is 1. The fourth-order valence-corrected chi connectivity index (χ4v) is 3.52. The van der Waals surface area contributed by atoms with Crippen LogP contribution < -0.4 is 16.0 Å². The smallest absolute Gasteiger partial charge is 0.332 e. The molecule has 0 saturated carbocycles. The minimum absolute atomic E-state index is 0.0655. The molecule has 0 amide bonds. The first kappa shape index (κ1) is 17.9. The molecule has 0 spiro atoms. The Hall–Kier alpha value is -2.87. The van der Waals surface area contributed by atoms with Gasteiger partial charge in [-0.05, 0) is 30.3 Å². The molecule has 8 heteroatoms. The van der Waals surface area contributed by atoms with Gasteiger partial charge in [0, 0.05) is 30.8 Å². The van der Waals surface area contributed by atoms with Crippen molar-refractivity contribution in [3.05, 3.63) is 62.9 Å². The number of rotatable bonds is 5. The highest BCUT2D eigenvalue weighted by Crippen LogP contribution is 2.24. The van der Waals surface area contributed by atoms with Gasteiger partial charge in [0.1, 0.15) is 11.4 Å². The maximum absolute atomic E-state index is 12.5. The number of benzene rings is 1. The van der Waals surface area contributed by atoms with Crippen molar-refractivity contribution in [2.75, 3.05) is 12.9 Å². The summed E-state index contributed by atoms with van der Waals surface area (Å²) in [5.41, 5.74) is 0.0130. The van der Waals surface area contributed by atoms with Gasteiger partial charge in [-0.25, -0.2) is 9.78 Å². The van der Waals surface area contributed by atoms with Crippen molar-refractivity contribution in [3.8, 4) is 5.75 Å². The van der Waals surface area contributed by atoms with Crippen LogP contribution in [0.15, 0.2) is 51.0 Å². The number of ether oxygens (including phenoxy) is 1. The van der Waals surface area contributed by atoms with Gasteiger partial charge < -0.3 is 4.74 Å². The van der Waals surface area contributed by atoms with Crippen LogP contribution in [0.1, 0.15) is 10.4 Å². The van der Waals surface area contributed by atoms with E-state index < -0.39 is 11.2 Å². The van der Waals surface area contributed by atoms with E-state index in [2.05, 4.69) is 4.98 Å². The Labute approximate surface area is 153 Å². The molecular weight excluding hydrogens is 354 g/mol. The molecule has 0 aliphatic heterocycles. The van der Waals surface area contributed by atoms with Crippen LogP contribution in [0.3, 0.4) is 0 Å². The predicted molar refractivity (Wildman–Crippen MR) is 100 cm³/mol. The Kier molecular flexibility index (Phi) is 4.94. The van der Waals surface area contributed by atoms with E-state index in [9.17, 15) is 14.4 Å². The lowest BCUT2D eigenvalue weighted by Gasteiger charge is -2.09. The van der Waals surface area contributed by atoms with Gasteiger partial charge >= 0.3 is 5.69 Å². The van der Waals surface area contributed by atoms with Crippen LogP contribution in [0.25, 0.3) is 11.0 Å². The van der Waals surface area contributed by atoms with Crippen LogP contribution >= 0.6 is 11.8 Å². The number of hydrogen-bond donors (Lipinski definition) is 0. The molecular formula is C18H17N3O4S. The normalized spacial score (nSPS) is 10.9. The molecule has 0 fully saturated rings. The van der Waals surface area contributed by atoms with Gasteiger partial charge in [0.05, 0.1) is 18.2 Å². The zero-order valence-corrected chi connectivity index (χ0v) is 15.4. The van der Waals surface area contributed by atoms with Crippen LogP contribution in [0.5, 0.6) is 5.75 Å². The molecule has 0 radical (unpaired) electrons. The molecule has 0 bridgehead atoms. The van der Waals surface area contributed by atoms with E-state index in [-0.39, 0.29) is 11.5 Å². The van der Waals surface area contributed by atoms with Gasteiger partial charge in [-0.15, -0.1) is 11.8 Å². The van der Waals surface area contributed by atoms with E-state index >= 15 is 0 Å². The van der Waals surface area contributed by atoms with Gasteiger partial charge in [0.2, 0.25) is 0 Å². The molecule has 0 N–H and O–H groups in total. The number of Topliss-reactive ketones (excluding diaryl/α,β-unsaturated/α-hetero) is 1. The molecule has 7 nitrogen and oxygen atoms in total. The second-order valence-corrected chi connectivity index (χ2v) is 6.67. The Morgan fingerprint density at radius 3 is 2.46 bits per heavy atom. The lowest BCUT2D eigenvalue weighted by Crippen LogP contribution is -2.37. The summed E-state index contributed by atoms with van der Waals surface area (Å²) < 4.78 is 7.45. The number of carbonyl (C=O) groups is 1. The third kappa shape index (κ3) is 3.15. The average Bonchev–Trinajstić information content (AvgIpc) is 2.68. The van der Waals surface area contributed by atoms with Gasteiger partial charge in [0.25, 0.3) is 5.56 Å². The second kappa shape index (κ2) is 7.17. The quantitative estimate of drug-likeness (QED) is 0.501. The fourth-order valence-electron chi connectivity index (χ4n) is 2.58. The van der Waals surface area contributed by atoms with Crippen molar-refractivity contribution in [2.45, 2.75) is 4.90 Å². The Morgan fingerprint density at radius 1 is 1.12 bits per heavy atom. The Balaban J connectivity index is 1.93. The van der Waals surface area contributed by atoms with Crippen LogP contribution in [-0.4, -0.2) is 32.8 Å². The number of pyridine rings is 1. The zero-order chi connectivity index (χ0) is 18.8. The number of hydrogen-bond acceptors (Lipinski definition) is 6. The van der Waals surface area contributed by atoms with Crippen molar-refractivity contribution in [1.29, 1.82) is 0 Å². The van der Waals surface area contributed by atoms with Gasteiger partial charge in [-0.2, -0.15) is 0 Å². The van der Waals surface area contributed by atoms with E-state index in [1.807, 2.05) is 0 Å². The molecule has 1 aromatic carbocycles. The topological polar surface area (TPSA) is 83.2 Å². The molecule has 2 aromatic heterocycles. The average molecular weight is 371 g/mol. The van der Waals surface area contributed by atoms with E-state index in [4.69, 9.17) is 4.74 Å². The van der Waals surface area contributed by atoms with Crippen molar-refractivity contribution in [3.63, 3.8) is 0 Å². The highest BCUT2D eigenvalue weighted by molar-refractivity contribution is 8.00. The van der Waals surface area contributed by atoms with Crippen LogP contribution in [-0.2, 0) is 14.1 Å². The Morgan fingerprint density at radius 2 is 1.81 bits per heavy atom. The molecule has 0 atom stereocenters. The van der Waals surface area contributed by atoms with Gasteiger partial charge in [-0.1, -0.05) is 0 Å². The number of thioether (sulfide) groups is 1. The highest BCUT2D eigenvalue weighted by Gasteiger charge is 2.15. The maximum atomic E-state index is 12.5. The summed E-state index contributed by atoms with van der Waals surface area (Å²) >= 11 is 1.25. The maximum Gasteiger partial charge on any atom is 0.332 e. The minimum atomic E-state index is -0.438. The number of methoxy groups -OCH3 is 1. The summed E-state index contributed by atoms with van der Waals surface area (Å²) in [7, 11) is 4.55. The first-order valence-electron chi connectivity index (χ1n) is 7.79. The summed E-state index contributed by atoms with van der Waals surface area (Å²) in [6.07, 6.45) is 1.53. The van der Waals surface area contributed by atoms with Crippen LogP contribution in [0.4, 0.5) is 0 Å². The van der Waals surface area contributed by atoms with E-state index in [1.54, 1.807) is 44.5 Å². The second-order valence-electron chi connectivity index (χ2n) is 5.65. The first-order valence-corrected chi connectivity index (χ1v) is 8.77. The van der Waals surface area contributed by atoms with E-state index in [1.165, 1.54) is 29.6 Å². The largest absolute Gasteiger partial charge is 0.497 e. The van der Waals surface area contributed by atoms with Gasteiger partial charge in [-0.3, -0.25) is 18.7 Å². The first-order chi connectivity index (χ1) is 12.4. The van der Waals surface area contributed by atoms with Crippen molar-refractivity contribution < 1.29 is 9.53 Å². The number of carbonyl (C=O) groups excluding carboxylic acids is 1.